The molecule has 0 aliphatic carbocycles. The summed E-state index contributed by atoms with van der Waals surface area (Å²) < 4.78 is 16.1. The Morgan fingerprint density at radius 1 is 0.897 bits per heavy atom. The molecule has 0 unspecified atom stereocenters. The van der Waals surface area contributed by atoms with Gasteiger partial charge < -0.3 is 19.3 Å². The van der Waals surface area contributed by atoms with E-state index in [0.717, 1.165) is 11.1 Å². The van der Waals surface area contributed by atoms with Crippen molar-refractivity contribution in [1.29, 1.82) is 0 Å². The molecule has 3 aromatic carbocycles. The van der Waals surface area contributed by atoms with Crippen molar-refractivity contribution in [3.63, 3.8) is 0 Å². The van der Waals surface area contributed by atoms with Crippen LogP contribution >= 0.6 is 0 Å². The molecule has 150 valence electrons. The van der Waals surface area contributed by atoms with E-state index in [1.54, 1.807) is 25.3 Å². The van der Waals surface area contributed by atoms with E-state index in [9.17, 15) is 15.2 Å². The number of nitro groups is 1. The van der Waals surface area contributed by atoms with Gasteiger partial charge in [-0.15, -0.1) is 0 Å². The molecule has 0 bridgehead atoms. The van der Waals surface area contributed by atoms with Crippen LogP contribution in [0.1, 0.15) is 16.7 Å². The fourth-order valence-electron chi connectivity index (χ4n) is 2.98. The van der Waals surface area contributed by atoms with Crippen LogP contribution in [0.5, 0.6) is 23.0 Å². The van der Waals surface area contributed by atoms with E-state index in [-0.39, 0.29) is 18.8 Å². The van der Waals surface area contributed by atoms with Gasteiger partial charge in [-0.1, -0.05) is 42.5 Å². The standard InChI is InChI=1S/C22H21NO6/c1-27-18-10-8-16(13-20(18)28-2)12-17-9-11-19(21(22(17)24)23(25)26)29-14-15-6-4-3-5-7-15/h3-11,13,24H,12,14H2,1-2H3. The average molecular weight is 395 g/mol. The Morgan fingerprint density at radius 2 is 1.59 bits per heavy atom. The van der Waals surface area contributed by atoms with Gasteiger partial charge in [-0.2, -0.15) is 0 Å². The summed E-state index contributed by atoms with van der Waals surface area (Å²) in [6.45, 7) is 0.163. The Kier molecular flexibility index (Phi) is 6.19. The Hall–Kier alpha value is -3.74. The minimum absolute atomic E-state index is 0.0208. The van der Waals surface area contributed by atoms with Gasteiger partial charge in [-0.3, -0.25) is 10.1 Å². The number of rotatable bonds is 8. The van der Waals surface area contributed by atoms with Gasteiger partial charge >= 0.3 is 5.69 Å². The molecule has 0 aliphatic heterocycles. The van der Waals surface area contributed by atoms with Crippen LogP contribution in [-0.4, -0.2) is 24.2 Å². The highest BCUT2D eigenvalue weighted by atomic mass is 16.6. The quantitative estimate of drug-likeness (QED) is 0.446. The third-order valence-electron chi connectivity index (χ3n) is 4.46. The van der Waals surface area contributed by atoms with Gasteiger partial charge in [-0.05, 0) is 29.3 Å². The number of hydrogen-bond donors (Lipinski definition) is 1. The first kappa shape index (κ1) is 20.0. The van der Waals surface area contributed by atoms with E-state index >= 15 is 0 Å². The lowest BCUT2D eigenvalue weighted by Gasteiger charge is -2.12. The molecule has 0 aliphatic rings. The molecule has 0 atom stereocenters. The normalized spacial score (nSPS) is 10.4. The zero-order valence-electron chi connectivity index (χ0n) is 16.1. The van der Waals surface area contributed by atoms with Gasteiger partial charge in [0.05, 0.1) is 19.1 Å². The molecule has 3 aromatic rings. The van der Waals surface area contributed by atoms with Crippen molar-refractivity contribution in [3.05, 3.63) is 87.5 Å². The second-order valence-electron chi connectivity index (χ2n) is 6.32. The van der Waals surface area contributed by atoms with Crippen molar-refractivity contribution < 1.29 is 24.2 Å². The molecule has 7 heteroatoms. The highest BCUT2D eigenvalue weighted by Gasteiger charge is 2.24. The molecule has 0 spiro atoms. The molecule has 0 heterocycles. The van der Waals surface area contributed by atoms with E-state index < -0.39 is 16.4 Å². The van der Waals surface area contributed by atoms with Crippen LogP contribution < -0.4 is 14.2 Å². The number of ether oxygens (including phenoxy) is 3. The molecule has 0 saturated carbocycles. The lowest BCUT2D eigenvalue weighted by Crippen LogP contribution is -2.01. The number of nitro benzene ring substituents is 1. The van der Waals surface area contributed by atoms with Crippen molar-refractivity contribution in [2.75, 3.05) is 14.2 Å². The molecule has 0 radical (unpaired) electrons. The number of hydrogen-bond acceptors (Lipinski definition) is 6. The van der Waals surface area contributed by atoms with Gasteiger partial charge in [0, 0.05) is 12.0 Å². The minimum atomic E-state index is -0.631. The average Bonchev–Trinajstić information content (AvgIpc) is 2.74. The van der Waals surface area contributed by atoms with Gasteiger partial charge in [-0.25, -0.2) is 0 Å². The van der Waals surface area contributed by atoms with Crippen molar-refractivity contribution in [3.8, 4) is 23.0 Å². The van der Waals surface area contributed by atoms with Crippen LogP contribution in [0.4, 0.5) is 5.69 Å². The highest BCUT2D eigenvalue weighted by molar-refractivity contribution is 5.61. The van der Waals surface area contributed by atoms with Crippen LogP contribution in [0, 0.1) is 10.1 Å². The maximum atomic E-state index is 11.6. The molecule has 29 heavy (non-hydrogen) atoms. The Morgan fingerprint density at radius 3 is 2.24 bits per heavy atom. The second kappa shape index (κ2) is 8.97. The fourth-order valence-corrected chi connectivity index (χ4v) is 2.98. The lowest BCUT2D eigenvalue weighted by molar-refractivity contribution is -0.387. The monoisotopic (exact) mass is 395 g/mol. The Bertz CT molecular complexity index is 1000. The van der Waals surface area contributed by atoms with Gasteiger partial charge in [0.2, 0.25) is 11.5 Å². The molecule has 0 aromatic heterocycles. The highest BCUT2D eigenvalue weighted by Crippen LogP contribution is 2.40. The summed E-state index contributed by atoms with van der Waals surface area (Å²) in [5.74, 6) is 0.737. The fraction of sp³-hybridized carbons (Fsp3) is 0.182. The number of phenols is 1. The summed E-state index contributed by atoms with van der Waals surface area (Å²) in [7, 11) is 3.07. The topological polar surface area (TPSA) is 91.1 Å². The SMILES string of the molecule is COc1ccc(Cc2ccc(OCc3ccccc3)c([N+](=O)[O-])c2O)cc1OC. The third kappa shape index (κ3) is 4.57. The summed E-state index contributed by atoms with van der Waals surface area (Å²) in [5, 5.41) is 22.1. The molecular formula is C22H21NO6. The van der Waals surface area contributed by atoms with Crippen LogP contribution in [0.15, 0.2) is 60.7 Å². The predicted octanol–water partition coefficient (Wildman–Crippen LogP) is 4.49. The van der Waals surface area contributed by atoms with Crippen LogP contribution in [0.25, 0.3) is 0 Å². The Labute approximate surface area is 168 Å². The molecule has 7 nitrogen and oxygen atoms in total. The van der Waals surface area contributed by atoms with Crippen LogP contribution in [0.2, 0.25) is 0 Å². The number of nitrogens with zero attached hydrogens (tertiary/aromatic N) is 1. The van der Waals surface area contributed by atoms with Crippen LogP contribution in [-0.2, 0) is 13.0 Å². The van der Waals surface area contributed by atoms with Gasteiger partial charge in [0.15, 0.2) is 11.5 Å². The maximum Gasteiger partial charge on any atom is 0.352 e. The summed E-state index contributed by atoms with van der Waals surface area (Å²) in [6, 6.07) is 17.8. The maximum absolute atomic E-state index is 11.6. The zero-order valence-corrected chi connectivity index (χ0v) is 16.1. The largest absolute Gasteiger partial charge is 0.502 e. The number of phenolic OH excluding ortho intramolecular Hbond substituents is 1. The van der Waals surface area contributed by atoms with Gasteiger partial charge in [0.25, 0.3) is 0 Å². The summed E-state index contributed by atoms with van der Waals surface area (Å²) in [5.41, 5.74) is 1.65. The van der Waals surface area contributed by atoms with E-state index in [4.69, 9.17) is 14.2 Å². The van der Waals surface area contributed by atoms with E-state index in [0.29, 0.717) is 17.1 Å². The molecule has 0 fully saturated rings. The summed E-state index contributed by atoms with van der Waals surface area (Å²) in [6.07, 6.45) is 0.284. The molecular weight excluding hydrogens is 374 g/mol. The van der Waals surface area contributed by atoms with Crippen LogP contribution in [0.3, 0.4) is 0 Å². The van der Waals surface area contributed by atoms with Crippen molar-refractivity contribution >= 4 is 5.69 Å². The van der Waals surface area contributed by atoms with Crippen molar-refractivity contribution in [2.45, 2.75) is 13.0 Å². The van der Waals surface area contributed by atoms with Crippen molar-refractivity contribution in [1.82, 2.24) is 0 Å². The first-order valence-electron chi connectivity index (χ1n) is 8.90. The van der Waals surface area contributed by atoms with E-state index in [1.807, 2.05) is 36.4 Å². The van der Waals surface area contributed by atoms with Crippen molar-refractivity contribution in [2.24, 2.45) is 0 Å². The van der Waals surface area contributed by atoms with E-state index in [2.05, 4.69) is 0 Å². The summed E-state index contributed by atoms with van der Waals surface area (Å²) >= 11 is 0. The lowest BCUT2D eigenvalue weighted by atomic mass is 10.0. The number of methoxy groups -OCH3 is 2. The molecule has 3 rings (SSSR count). The first-order chi connectivity index (χ1) is 14.0. The number of aromatic hydroxyl groups is 1. The van der Waals surface area contributed by atoms with E-state index in [1.165, 1.54) is 13.2 Å². The molecule has 0 saturated heterocycles. The molecule has 1 N–H and O–H groups in total. The zero-order chi connectivity index (χ0) is 20.8. The number of benzene rings is 3. The minimum Gasteiger partial charge on any atom is -0.502 e. The Balaban J connectivity index is 1.87. The second-order valence-corrected chi connectivity index (χ2v) is 6.32. The smallest absolute Gasteiger partial charge is 0.352 e. The first-order valence-corrected chi connectivity index (χ1v) is 8.90. The summed E-state index contributed by atoms with van der Waals surface area (Å²) in [4.78, 5) is 10.9. The molecule has 0 amide bonds. The third-order valence-corrected chi connectivity index (χ3v) is 4.46. The van der Waals surface area contributed by atoms with Gasteiger partial charge in [0.1, 0.15) is 6.61 Å². The predicted molar refractivity (Wildman–Crippen MR) is 108 cm³/mol.